The molecule has 2 heterocycles. The van der Waals surface area contributed by atoms with E-state index in [1.165, 1.54) is 5.56 Å². The lowest BCUT2D eigenvalue weighted by Crippen LogP contribution is -2.52. The predicted octanol–water partition coefficient (Wildman–Crippen LogP) is 1.78. The average molecular weight is 388 g/mol. The molecule has 154 valence electrons. The molecule has 0 aliphatic carbocycles. The minimum atomic E-state index is 0.0396. The van der Waals surface area contributed by atoms with Gasteiger partial charge in [0.2, 0.25) is 5.91 Å². The zero-order chi connectivity index (χ0) is 20.0. The van der Waals surface area contributed by atoms with Crippen LogP contribution < -0.4 is 16.0 Å². The van der Waals surface area contributed by atoms with E-state index in [-0.39, 0.29) is 17.4 Å². The molecule has 1 amide bonds. The number of nitrogens with zero attached hydrogens (tertiary/aromatic N) is 2. The fourth-order valence-corrected chi connectivity index (χ4v) is 3.97. The molecule has 0 spiro atoms. The van der Waals surface area contributed by atoms with Crippen molar-refractivity contribution in [2.24, 2.45) is 4.99 Å². The maximum absolute atomic E-state index is 12.1. The molecule has 1 unspecified atom stereocenters. The van der Waals surface area contributed by atoms with Crippen LogP contribution in [-0.4, -0.2) is 69.2 Å². The fraction of sp³-hybridized carbons (Fsp3) is 0.619. The number of fused-ring (bicyclic) bond motifs is 1. The Bertz CT molecular complexity index is 698. The highest BCUT2D eigenvalue weighted by Gasteiger charge is 2.34. The Hall–Kier alpha value is -2.12. The van der Waals surface area contributed by atoms with Crippen LogP contribution in [0.5, 0.6) is 0 Å². The second-order valence-electron chi connectivity index (χ2n) is 7.84. The highest BCUT2D eigenvalue weighted by atomic mass is 16.5. The number of carbonyl (C=O) groups is 1. The van der Waals surface area contributed by atoms with Crippen LogP contribution in [0.1, 0.15) is 37.7 Å². The van der Waals surface area contributed by atoms with Gasteiger partial charge in [-0.05, 0) is 45.5 Å². The molecular weight excluding hydrogens is 354 g/mol. The molecule has 1 atom stereocenters. The molecule has 1 fully saturated rings. The number of hydrogen-bond donors (Lipinski definition) is 3. The first-order valence-electron chi connectivity index (χ1n) is 10.2. The zero-order valence-electron chi connectivity index (χ0n) is 17.3. The van der Waals surface area contributed by atoms with Crippen LogP contribution in [0.4, 0.5) is 5.69 Å². The summed E-state index contributed by atoms with van der Waals surface area (Å²) in [6.07, 6.45) is 2.46. The van der Waals surface area contributed by atoms with Gasteiger partial charge in [0.1, 0.15) is 0 Å². The molecule has 7 nitrogen and oxygen atoms in total. The maximum Gasteiger partial charge on any atom is 0.225 e. The molecule has 7 heteroatoms. The smallest absolute Gasteiger partial charge is 0.225 e. The molecule has 0 radical (unpaired) electrons. The Morgan fingerprint density at radius 3 is 2.75 bits per heavy atom. The molecule has 2 aliphatic rings. The number of anilines is 1. The number of carbonyl (C=O) groups excluding carboxylic acids is 1. The maximum atomic E-state index is 12.1. The molecule has 0 aromatic heterocycles. The molecule has 3 rings (SSSR count). The van der Waals surface area contributed by atoms with Crippen LogP contribution in [0.15, 0.2) is 29.3 Å². The Kier molecular flexibility index (Phi) is 6.91. The summed E-state index contributed by atoms with van der Waals surface area (Å²) in [6, 6.07) is 8.03. The van der Waals surface area contributed by atoms with E-state index in [0.29, 0.717) is 13.0 Å². The topological polar surface area (TPSA) is 78.0 Å². The Balaban J connectivity index is 1.68. The van der Waals surface area contributed by atoms with Crippen molar-refractivity contribution in [1.29, 1.82) is 0 Å². The molecule has 3 N–H and O–H groups in total. The lowest BCUT2D eigenvalue weighted by Gasteiger charge is -2.41. The third-order valence-corrected chi connectivity index (χ3v) is 5.87. The average Bonchev–Trinajstić information content (AvgIpc) is 2.70. The summed E-state index contributed by atoms with van der Waals surface area (Å²) < 4.78 is 5.56. The molecule has 0 saturated carbocycles. The summed E-state index contributed by atoms with van der Waals surface area (Å²) in [5, 5.41) is 9.76. The second-order valence-corrected chi connectivity index (χ2v) is 7.84. The predicted molar refractivity (Wildman–Crippen MR) is 113 cm³/mol. The van der Waals surface area contributed by atoms with E-state index in [1.54, 1.807) is 0 Å². The summed E-state index contributed by atoms with van der Waals surface area (Å²) in [6.45, 7) is 5.83. The van der Waals surface area contributed by atoms with Gasteiger partial charge in [0, 0.05) is 49.9 Å². The first-order valence-corrected chi connectivity index (χ1v) is 10.2. The quantitative estimate of drug-likeness (QED) is 0.512. The summed E-state index contributed by atoms with van der Waals surface area (Å²) in [7, 11) is 4.25. The van der Waals surface area contributed by atoms with Crippen LogP contribution >= 0.6 is 0 Å². The van der Waals surface area contributed by atoms with Gasteiger partial charge < -0.3 is 25.6 Å². The lowest BCUT2D eigenvalue weighted by atomic mass is 9.89. The van der Waals surface area contributed by atoms with Crippen molar-refractivity contribution >= 4 is 17.6 Å². The monoisotopic (exact) mass is 387 g/mol. The minimum absolute atomic E-state index is 0.0396. The van der Waals surface area contributed by atoms with Crippen molar-refractivity contribution in [2.45, 2.75) is 37.6 Å². The minimum Gasteiger partial charge on any atom is -0.381 e. The molecular formula is C21H33N5O2. The van der Waals surface area contributed by atoms with Gasteiger partial charge in [0.05, 0.1) is 6.54 Å². The van der Waals surface area contributed by atoms with E-state index >= 15 is 0 Å². The van der Waals surface area contributed by atoms with Gasteiger partial charge in [-0.25, -0.2) is 0 Å². The Morgan fingerprint density at radius 1 is 1.29 bits per heavy atom. The van der Waals surface area contributed by atoms with E-state index in [1.807, 2.05) is 18.2 Å². The molecule has 1 saturated heterocycles. The van der Waals surface area contributed by atoms with Crippen molar-refractivity contribution in [3.63, 3.8) is 0 Å². The number of likely N-dealkylation sites (N-methyl/N-ethyl adjacent to an activating group) is 1. The number of benzene rings is 1. The van der Waals surface area contributed by atoms with Gasteiger partial charge in [-0.2, -0.15) is 0 Å². The number of nitrogens with one attached hydrogen (secondary N) is 3. The van der Waals surface area contributed by atoms with Crippen molar-refractivity contribution in [2.75, 3.05) is 52.3 Å². The highest BCUT2D eigenvalue weighted by Crippen LogP contribution is 2.31. The van der Waals surface area contributed by atoms with Crippen LogP contribution in [-0.2, 0) is 9.53 Å². The Labute approximate surface area is 167 Å². The van der Waals surface area contributed by atoms with E-state index in [0.717, 1.165) is 50.8 Å². The first-order chi connectivity index (χ1) is 13.5. The van der Waals surface area contributed by atoms with Crippen molar-refractivity contribution in [3.8, 4) is 0 Å². The van der Waals surface area contributed by atoms with Gasteiger partial charge in [0.25, 0.3) is 0 Å². The number of guanidine groups is 1. The SMILES string of the molecule is CCNC(=NCC1(N(C)C)CCOCC1)NCC1CC(=O)Nc2ccccc21. The lowest BCUT2D eigenvalue weighted by molar-refractivity contribution is -0.116. The second kappa shape index (κ2) is 9.39. The normalized spacial score (nSPS) is 21.8. The largest absolute Gasteiger partial charge is 0.381 e. The van der Waals surface area contributed by atoms with Gasteiger partial charge in [-0.15, -0.1) is 0 Å². The number of aliphatic imine (C=N–C) groups is 1. The van der Waals surface area contributed by atoms with Crippen LogP contribution in [0.2, 0.25) is 0 Å². The zero-order valence-corrected chi connectivity index (χ0v) is 17.3. The molecule has 28 heavy (non-hydrogen) atoms. The summed E-state index contributed by atoms with van der Waals surface area (Å²) in [5.41, 5.74) is 2.14. The van der Waals surface area contributed by atoms with E-state index < -0.39 is 0 Å². The fourth-order valence-electron chi connectivity index (χ4n) is 3.97. The number of hydrogen-bond acceptors (Lipinski definition) is 4. The van der Waals surface area contributed by atoms with Crippen molar-refractivity contribution in [1.82, 2.24) is 15.5 Å². The summed E-state index contributed by atoms with van der Waals surface area (Å²) >= 11 is 0. The summed E-state index contributed by atoms with van der Waals surface area (Å²) in [4.78, 5) is 19.2. The Morgan fingerprint density at radius 2 is 2.04 bits per heavy atom. The third kappa shape index (κ3) is 4.83. The molecule has 0 bridgehead atoms. The van der Waals surface area contributed by atoms with E-state index in [4.69, 9.17) is 9.73 Å². The molecule has 1 aromatic carbocycles. The van der Waals surface area contributed by atoms with E-state index in [9.17, 15) is 4.79 Å². The third-order valence-electron chi connectivity index (χ3n) is 5.87. The van der Waals surface area contributed by atoms with Crippen molar-refractivity contribution in [3.05, 3.63) is 29.8 Å². The van der Waals surface area contributed by atoms with Gasteiger partial charge in [-0.1, -0.05) is 18.2 Å². The molecule has 2 aliphatic heterocycles. The van der Waals surface area contributed by atoms with Crippen LogP contribution in [0, 0.1) is 0 Å². The highest BCUT2D eigenvalue weighted by molar-refractivity contribution is 5.94. The van der Waals surface area contributed by atoms with Crippen LogP contribution in [0.3, 0.4) is 0 Å². The van der Waals surface area contributed by atoms with Gasteiger partial charge in [-0.3, -0.25) is 9.79 Å². The molecule has 1 aromatic rings. The first kappa shape index (κ1) is 20.6. The van der Waals surface area contributed by atoms with Crippen LogP contribution in [0.25, 0.3) is 0 Å². The van der Waals surface area contributed by atoms with Crippen molar-refractivity contribution < 1.29 is 9.53 Å². The van der Waals surface area contributed by atoms with Gasteiger partial charge >= 0.3 is 0 Å². The summed E-state index contributed by atoms with van der Waals surface area (Å²) in [5.74, 6) is 1.01. The number of amides is 1. The standard InChI is InChI=1S/C21H33N5O2/c1-4-22-20(24-15-21(26(2)3)9-11-28-12-10-21)23-14-16-13-19(27)25-18-8-6-5-7-17(16)18/h5-8,16H,4,9-15H2,1-3H3,(H,25,27)(H2,22,23,24). The number of para-hydroxylation sites is 1. The van der Waals surface area contributed by atoms with Gasteiger partial charge in [0.15, 0.2) is 5.96 Å². The number of ether oxygens (including phenoxy) is 1. The van der Waals surface area contributed by atoms with E-state index in [2.05, 4.69) is 47.9 Å². The number of rotatable bonds is 6.